The van der Waals surface area contributed by atoms with Gasteiger partial charge >= 0.3 is 0 Å². The lowest BCUT2D eigenvalue weighted by atomic mass is 10.1. The van der Waals surface area contributed by atoms with E-state index >= 15 is 4.39 Å². The SMILES string of the molecule is CCCSc1nc(N[C@@H]2C[C@H]2c2ccc(F)c(F)c2)c2nnn([C@@H]3[C@H](F)[C@H](CO)O[C@H]3CO[Si](c3ccccc3)(c3ccccc3)C(C)(C)C)c2n1. The molecule has 14 heteroatoms. The van der Waals surface area contributed by atoms with Crippen molar-refractivity contribution in [2.75, 3.05) is 24.3 Å². The van der Waals surface area contributed by atoms with Crippen LogP contribution in [-0.2, 0) is 9.16 Å². The summed E-state index contributed by atoms with van der Waals surface area (Å²) in [6, 6.07) is 23.2. The van der Waals surface area contributed by atoms with Crippen LogP contribution < -0.4 is 15.7 Å². The van der Waals surface area contributed by atoms with Crippen LogP contribution in [0.2, 0.25) is 5.04 Å². The summed E-state index contributed by atoms with van der Waals surface area (Å²) in [5.74, 6) is -0.635. The fourth-order valence-corrected chi connectivity index (χ4v) is 12.6. The monoisotopic (exact) mass is 748 g/mol. The molecule has 1 saturated heterocycles. The van der Waals surface area contributed by atoms with Gasteiger partial charge in [0.15, 0.2) is 39.9 Å². The molecule has 0 bridgehead atoms. The number of aromatic nitrogens is 5. The molecule has 1 aliphatic heterocycles. The van der Waals surface area contributed by atoms with E-state index < -0.39 is 51.0 Å². The number of alkyl halides is 1. The van der Waals surface area contributed by atoms with Gasteiger partial charge in [-0.15, -0.1) is 5.10 Å². The summed E-state index contributed by atoms with van der Waals surface area (Å²) in [6.45, 7) is 8.08. The van der Waals surface area contributed by atoms with E-state index in [-0.39, 0.29) is 23.6 Å². The molecule has 2 fully saturated rings. The maximum atomic E-state index is 16.5. The fraction of sp³-hybridized carbons (Fsp3) is 0.421. The number of anilines is 1. The summed E-state index contributed by atoms with van der Waals surface area (Å²) in [6.07, 6.45) is -2.00. The topological polar surface area (TPSA) is 107 Å². The van der Waals surface area contributed by atoms with Gasteiger partial charge in [-0.3, -0.25) is 0 Å². The van der Waals surface area contributed by atoms with Crippen molar-refractivity contribution in [3.05, 3.63) is 96.1 Å². The fourth-order valence-electron chi connectivity index (χ4n) is 7.36. The molecule has 9 nitrogen and oxygen atoms in total. The molecule has 3 heterocycles. The number of thioether (sulfide) groups is 1. The zero-order chi connectivity index (χ0) is 36.6. The van der Waals surface area contributed by atoms with Crippen LogP contribution in [0, 0.1) is 11.6 Å². The molecule has 0 amide bonds. The molecule has 1 saturated carbocycles. The molecule has 2 aromatic heterocycles. The lowest BCUT2D eigenvalue weighted by molar-refractivity contribution is -0.0246. The number of rotatable bonds is 13. The third kappa shape index (κ3) is 6.86. The highest BCUT2D eigenvalue weighted by molar-refractivity contribution is 7.99. The van der Waals surface area contributed by atoms with Crippen molar-refractivity contribution in [1.29, 1.82) is 0 Å². The number of hydrogen-bond donors (Lipinski definition) is 2. The first-order valence-corrected chi connectivity index (χ1v) is 20.6. The average molecular weight is 749 g/mol. The quantitative estimate of drug-likeness (QED) is 0.0829. The summed E-state index contributed by atoms with van der Waals surface area (Å²) in [4.78, 5) is 9.57. The molecule has 52 heavy (non-hydrogen) atoms. The maximum absolute atomic E-state index is 16.5. The molecule has 0 radical (unpaired) electrons. The molecule has 2 aliphatic rings. The van der Waals surface area contributed by atoms with Crippen LogP contribution in [0.15, 0.2) is 84.0 Å². The van der Waals surface area contributed by atoms with Gasteiger partial charge in [-0.05, 0) is 45.9 Å². The Kier molecular flexibility index (Phi) is 10.5. The summed E-state index contributed by atoms with van der Waals surface area (Å²) in [5, 5.41) is 24.8. The first kappa shape index (κ1) is 36.5. The zero-order valence-electron chi connectivity index (χ0n) is 29.5. The lowest BCUT2D eigenvalue weighted by Crippen LogP contribution is -2.67. The predicted octanol–water partition coefficient (Wildman–Crippen LogP) is 6.19. The molecule has 274 valence electrons. The van der Waals surface area contributed by atoms with Gasteiger partial charge in [-0.25, -0.2) is 27.8 Å². The number of fused-ring (bicyclic) bond motifs is 1. The van der Waals surface area contributed by atoms with E-state index in [1.54, 1.807) is 6.07 Å². The van der Waals surface area contributed by atoms with E-state index in [2.05, 4.69) is 67.6 Å². The number of aliphatic hydroxyl groups is 1. The van der Waals surface area contributed by atoms with E-state index in [1.807, 2.05) is 36.4 Å². The molecule has 0 spiro atoms. The Morgan fingerprint density at radius 3 is 2.29 bits per heavy atom. The van der Waals surface area contributed by atoms with Crippen LogP contribution in [0.5, 0.6) is 0 Å². The Labute approximate surface area is 306 Å². The third-order valence-corrected chi connectivity index (χ3v) is 16.0. The van der Waals surface area contributed by atoms with Crippen LogP contribution in [0.3, 0.4) is 0 Å². The normalized spacial score (nSPS) is 23.3. The second-order valence-electron chi connectivity index (χ2n) is 14.5. The summed E-state index contributed by atoms with van der Waals surface area (Å²) in [7, 11) is -3.02. The first-order chi connectivity index (χ1) is 25.1. The minimum atomic E-state index is -3.02. The van der Waals surface area contributed by atoms with Gasteiger partial charge in [-0.2, -0.15) is 0 Å². The molecule has 6 atom stereocenters. The van der Waals surface area contributed by atoms with Crippen molar-refractivity contribution < 1.29 is 27.4 Å². The minimum absolute atomic E-state index is 0.0296. The lowest BCUT2D eigenvalue weighted by Gasteiger charge is -2.43. The highest BCUT2D eigenvalue weighted by atomic mass is 32.2. The molecular weight excluding hydrogens is 706 g/mol. The Morgan fingerprint density at radius 2 is 1.67 bits per heavy atom. The minimum Gasteiger partial charge on any atom is -0.405 e. The van der Waals surface area contributed by atoms with Crippen LogP contribution in [0.1, 0.15) is 58.1 Å². The van der Waals surface area contributed by atoms with Gasteiger partial charge in [0.25, 0.3) is 8.32 Å². The van der Waals surface area contributed by atoms with E-state index in [0.29, 0.717) is 34.1 Å². The van der Waals surface area contributed by atoms with Crippen LogP contribution in [0.4, 0.5) is 19.0 Å². The van der Waals surface area contributed by atoms with Gasteiger partial charge in [0, 0.05) is 17.7 Å². The van der Waals surface area contributed by atoms with Gasteiger partial charge in [0.2, 0.25) is 0 Å². The summed E-state index contributed by atoms with van der Waals surface area (Å²) in [5.41, 5.74) is 1.36. The highest BCUT2D eigenvalue weighted by Gasteiger charge is 2.53. The van der Waals surface area contributed by atoms with Crippen molar-refractivity contribution in [2.24, 2.45) is 0 Å². The number of nitrogens with zero attached hydrogens (tertiary/aromatic N) is 5. The van der Waals surface area contributed by atoms with E-state index in [1.165, 1.54) is 22.5 Å². The third-order valence-electron chi connectivity index (χ3n) is 9.98. The zero-order valence-corrected chi connectivity index (χ0v) is 31.4. The Bertz CT molecular complexity index is 1960. The number of nitrogens with one attached hydrogen (secondary N) is 1. The molecule has 7 rings (SSSR count). The molecule has 3 aromatic carbocycles. The van der Waals surface area contributed by atoms with E-state index in [4.69, 9.17) is 19.1 Å². The van der Waals surface area contributed by atoms with Crippen molar-refractivity contribution in [3.8, 4) is 0 Å². The van der Waals surface area contributed by atoms with Gasteiger partial charge in [0.1, 0.15) is 18.2 Å². The standard InChI is InChI=1S/C38H43F3N6O3SSi/c1-5-18-51-37-43-35(42-29-20-26(29)23-16-17-27(39)28(40)19-23)33-36(44-37)47(46-45-33)34-31(50-30(21-48)32(34)41)22-49-52(38(2,3)4,24-12-8-6-9-13-24)25-14-10-7-11-15-25/h6-17,19,26,29-32,34,48H,5,18,20-22H2,1-4H3,(H,42,43,44)/t26-,29+,30-,31-,32+,34-/m0/s1. The number of ether oxygens (including phenoxy) is 1. The number of benzene rings is 3. The molecule has 5 aromatic rings. The molecule has 2 N–H and O–H groups in total. The van der Waals surface area contributed by atoms with Crippen molar-refractivity contribution in [1.82, 2.24) is 25.0 Å². The van der Waals surface area contributed by atoms with E-state index in [0.717, 1.165) is 28.6 Å². The van der Waals surface area contributed by atoms with Crippen LogP contribution in [0.25, 0.3) is 11.2 Å². The highest BCUT2D eigenvalue weighted by Crippen LogP contribution is 2.44. The second kappa shape index (κ2) is 14.9. The Hall–Kier alpha value is -3.82. The second-order valence-corrected chi connectivity index (χ2v) is 19.8. The predicted molar refractivity (Wildman–Crippen MR) is 199 cm³/mol. The van der Waals surface area contributed by atoms with Crippen LogP contribution in [-0.4, -0.2) is 81.8 Å². The molecule has 1 aliphatic carbocycles. The summed E-state index contributed by atoms with van der Waals surface area (Å²) < 4.78 is 59.0. The maximum Gasteiger partial charge on any atom is 0.261 e. The van der Waals surface area contributed by atoms with Gasteiger partial charge in [0.05, 0.1) is 13.2 Å². The Morgan fingerprint density at radius 1 is 0.981 bits per heavy atom. The Balaban J connectivity index is 1.24. The number of halogens is 3. The molecular formula is C38H43F3N6O3SSi. The van der Waals surface area contributed by atoms with Crippen LogP contribution >= 0.6 is 11.8 Å². The number of aliphatic hydroxyl groups excluding tert-OH is 1. The van der Waals surface area contributed by atoms with Crippen molar-refractivity contribution in [3.63, 3.8) is 0 Å². The first-order valence-electron chi connectivity index (χ1n) is 17.7. The van der Waals surface area contributed by atoms with Gasteiger partial charge in [-0.1, -0.05) is 111 Å². The van der Waals surface area contributed by atoms with Gasteiger partial charge < -0.3 is 19.6 Å². The van der Waals surface area contributed by atoms with E-state index in [9.17, 15) is 13.9 Å². The van der Waals surface area contributed by atoms with Crippen molar-refractivity contribution in [2.45, 2.75) is 87.1 Å². The molecule has 0 unspecified atom stereocenters. The summed E-state index contributed by atoms with van der Waals surface area (Å²) >= 11 is 1.46. The average Bonchev–Trinajstić information content (AvgIpc) is 3.66. The van der Waals surface area contributed by atoms with Crippen molar-refractivity contribution >= 4 is 47.4 Å². The smallest absolute Gasteiger partial charge is 0.261 e. The largest absolute Gasteiger partial charge is 0.405 e. The number of hydrogen-bond acceptors (Lipinski definition) is 9.